The maximum absolute atomic E-state index is 11.8. The van der Waals surface area contributed by atoms with Crippen molar-refractivity contribution < 1.29 is 0 Å². The highest BCUT2D eigenvalue weighted by atomic mass is 16.1. The molecular weight excluding hydrogens is 190 g/mol. The number of hydrogen-bond acceptors (Lipinski definition) is 2. The monoisotopic (exact) mass is 199 g/mol. The molecule has 0 unspecified atom stereocenters. The minimum atomic E-state index is -0.0938. The summed E-state index contributed by atoms with van der Waals surface area (Å²) >= 11 is 0. The normalized spacial score (nSPS) is 11.3. The zero-order valence-corrected chi connectivity index (χ0v) is 8.19. The number of aromatic nitrogens is 3. The number of hydrogen-bond donors (Lipinski definition) is 1. The van der Waals surface area contributed by atoms with Crippen LogP contribution in [0.1, 0.15) is 0 Å². The third-order valence-corrected chi connectivity index (χ3v) is 2.61. The fourth-order valence-corrected chi connectivity index (χ4v) is 1.82. The first kappa shape index (κ1) is 8.23. The van der Waals surface area contributed by atoms with E-state index in [1.807, 2.05) is 24.3 Å². The minimum absolute atomic E-state index is 0.0938. The Hall–Kier alpha value is -2.10. The first-order chi connectivity index (χ1) is 7.27. The number of nitrogens with one attached hydrogen (secondary N) is 1. The van der Waals surface area contributed by atoms with Gasteiger partial charge in [-0.1, -0.05) is 18.2 Å². The van der Waals surface area contributed by atoms with E-state index < -0.39 is 0 Å². The van der Waals surface area contributed by atoms with Crippen LogP contribution in [0.2, 0.25) is 0 Å². The molecule has 4 nitrogen and oxygen atoms in total. The molecule has 74 valence electrons. The van der Waals surface area contributed by atoms with Gasteiger partial charge in [0.25, 0.3) is 5.56 Å². The highest BCUT2D eigenvalue weighted by Gasteiger charge is 2.07. The van der Waals surface area contributed by atoms with Crippen molar-refractivity contribution in [3.8, 4) is 0 Å². The molecule has 1 aromatic carbocycles. The molecule has 0 aliphatic rings. The van der Waals surface area contributed by atoms with Crippen molar-refractivity contribution in [2.75, 3.05) is 0 Å². The van der Waals surface area contributed by atoms with E-state index in [9.17, 15) is 4.79 Å². The molecule has 2 heterocycles. The molecule has 0 saturated heterocycles. The van der Waals surface area contributed by atoms with Gasteiger partial charge in [0, 0.05) is 23.3 Å². The second-order valence-corrected chi connectivity index (χ2v) is 3.53. The van der Waals surface area contributed by atoms with Crippen LogP contribution >= 0.6 is 0 Å². The molecular formula is C11H9N3O. The van der Waals surface area contributed by atoms with E-state index in [4.69, 9.17) is 0 Å². The van der Waals surface area contributed by atoms with Crippen molar-refractivity contribution in [1.29, 1.82) is 0 Å². The standard InChI is InChI=1S/C11H9N3O/c1-14-11(15)10-8(6-12-14)7-4-2-3-5-9(7)13-10/h2-6,13H,1H3. The molecule has 0 fully saturated rings. The Labute approximate surface area is 85.1 Å². The molecule has 0 radical (unpaired) electrons. The van der Waals surface area contributed by atoms with Gasteiger partial charge in [-0.2, -0.15) is 5.10 Å². The quantitative estimate of drug-likeness (QED) is 0.595. The zero-order chi connectivity index (χ0) is 10.4. The number of aryl methyl sites for hydroxylation is 1. The summed E-state index contributed by atoms with van der Waals surface area (Å²) in [4.78, 5) is 14.9. The summed E-state index contributed by atoms with van der Waals surface area (Å²) < 4.78 is 1.33. The van der Waals surface area contributed by atoms with E-state index in [1.54, 1.807) is 13.2 Å². The number of rotatable bonds is 0. The molecule has 0 aliphatic carbocycles. The molecule has 0 aliphatic heterocycles. The highest BCUT2D eigenvalue weighted by molar-refractivity contribution is 6.06. The second-order valence-electron chi connectivity index (χ2n) is 3.53. The van der Waals surface area contributed by atoms with Crippen LogP contribution in [0.25, 0.3) is 21.8 Å². The molecule has 3 rings (SSSR count). The summed E-state index contributed by atoms with van der Waals surface area (Å²) in [6, 6.07) is 7.83. The summed E-state index contributed by atoms with van der Waals surface area (Å²) in [6.45, 7) is 0. The van der Waals surface area contributed by atoms with Crippen molar-refractivity contribution in [3.05, 3.63) is 40.8 Å². The summed E-state index contributed by atoms with van der Waals surface area (Å²) in [5, 5.41) is 5.94. The Morgan fingerprint density at radius 1 is 1.27 bits per heavy atom. The topological polar surface area (TPSA) is 50.7 Å². The Morgan fingerprint density at radius 2 is 2.07 bits per heavy atom. The predicted octanol–water partition coefficient (Wildman–Crippen LogP) is 1.41. The van der Waals surface area contributed by atoms with Crippen LogP contribution in [-0.4, -0.2) is 14.8 Å². The Kier molecular flexibility index (Phi) is 1.48. The van der Waals surface area contributed by atoms with Crippen molar-refractivity contribution in [2.45, 2.75) is 0 Å². The molecule has 15 heavy (non-hydrogen) atoms. The maximum atomic E-state index is 11.8. The fraction of sp³-hybridized carbons (Fsp3) is 0.0909. The zero-order valence-electron chi connectivity index (χ0n) is 8.19. The van der Waals surface area contributed by atoms with Gasteiger partial charge in [-0.05, 0) is 6.07 Å². The van der Waals surface area contributed by atoms with Crippen molar-refractivity contribution in [1.82, 2.24) is 14.8 Å². The molecule has 0 atom stereocenters. The van der Waals surface area contributed by atoms with E-state index in [0.717, 1.165) is 16.3 Å². The molecule has 0 saturated carbocycles. The number of nitrogens with zero attached hydrogens (tertiary/aromatic N) is 2. The van der Waals surface area contributed by atoms with Crippen molar-refractivity contribution >= 4 is 21.8 Å². The van der Waals surface area contributed by atoms with Gasteiger partial charge in [-0.3, -0.25) is 4.79 Å². The van der Waals surface area contributed by atoms with Gasteiger partial charge >= 0.3 is 0 Å². The average Bonchev–Trinajstić information content (AvgIpc) is 2.63. The molecule has 0 spiro atoms. The SMILES string of the molecule is Cn1ncc2c([nH]c3ccccc32)c1=O. The maximum Gasteiger partial charge on any atom is 0.290 e. The van der Waals surface area contributed by atoms with E-state index in [2.05, 4.69) is 10.1 Å². The van der Waals surface area contributed by atoms with Gasteiger partial charge in [0.2, 0.25) is 0 Å². The number of benzene rings is 1. The van der Waals surface area contributed by atoms with E-state index >= 15 is 0 Å². The lowest BCUT2D eigenvalue weighted by Crippen LogP contribution is -2.18. The summed E-state index contributed by atoms with van der Waals surface area (Å²) in [5.74, 6) is 0. The summed E-state index contributed by atoms with van der Waals surface area (Å²) in [7, 11) is 1.65. The molecule has 0 amide bonds. The lowest BCUT2D eigenvalue weighted by Gasteiger charge is -1.94. The third kappa shape index (κ3) is 1.01. The number of H-pyrrole nitrogens is 1. The van der Waals surface area contributed by atoms with Crippen LogP contribution in [0.5, 0.6) is 0 Å². The summed E-state index contributed by atoms with van der Waals surface area (Å²) in [5.41, 5.74) is 1.50. The van der Waals surface area contributed by atoms with E-state index in [0.29, 0.717) is 5.52 Å². The number of aromatic amines is 1. The van der Waals surface area contributed by atoms with Crippen molar-refractivity contribution in [3.63, 3.8) is 0 Å². The smallest absolute Gasteiger partial charge is 0.290 e. The molecule has 3 aromatic rings. The van der Waals surface area contributed by atoms with Gasteiger partial charge in [-0.15, -0.1) is 0 Å². The largest absolute Gasteiger partial charge is 0.350 e. The molecule has 0 bridgehead atoms. The first-order valence-corrected chi connectivity index (χ1v) is 4.70. The molecule has 1 N–H and O–H groups in total. The first-order valence-electron chi connectivity index (χ1n) is 4.70. The summed E-state index contributed by atoms with van der Waals surface area (Å²) in [6.07, 6.45) is 1.72. The Balaban J connectivity index is 2.66. The lowest BCUT2D eigenvalue weighted by atomic mass is 10.2. The molecule has 2 aromatic heterocycles. The van der Waals surface area contributed by atoms with E-state index in [1.165, 1.54) is 4.68 Å². The van der Waals surface area contributed by atoms with Gasteiger partial charge in [-0.25, -0.2) is 4.68 Å². The van der Waals surface area contributed by atoms with Crippen LogP contribution in [0, 0.1) is 0 Å². The lowest BCUT2D eigenvalue weighted by molar-refractivity contribution is 0.717. The van der Waals surface area contributed by atoms with Gasteiger partial charge in [0.05, 0.1) is 6.20 Å². The number of para-hydroxylation sites is 1. The van der Waals surface area contributed by atoms with E-state index in [-0.39, 0.29) is 5.56 Å². The van der Waals surface area contributed by atoms with Crippen LogP contribution in [0.3, 0.4) is 0 Å². The van der Waals surface area contributed by atoms with Crippen LogP contribution < -0.4 is 5.56 Å². The second kappa shape index (κ2) is 2.70. The average molecular weight is 199 g/mol. The highest BCUT2D eigenvalue weighted by Crippen LogP contribution is 2.21. The number of fused-ring (bicyclic) bond motifs is 3. The third-order valence-electron chi connectivity index (χ3n) is 2.61. The van der Waals surface area contributed by atoms with Gasteiger partial charge in [0.1, 0.15) is 5.52 Å². The van der Waals surface area contributed by atoms with Gasteiger partial charge < -0.3 is 4.98 Å². The van der Waals surface area contributed by atoms with Crippen molar-refractivity contribution in [2.24, 2.45) is 7.05 Å². The predicted molar refractivity (Wildman–Crippen MR) is 58.8 cm³/mol. The fourth-order valence-electron chi connectivity index (χ4n) is 1.82. The van der Waals surface area contributed by atoms with Gasteiger partial charge in [0.15, 0.2) is 0 Å². The minimum Gasteiger partial charge on any atom is -0.350 e. The van der Waals surface area contributed by atoms with Crippen LogP contribution in [0.15, 0.2) is 35.3 Å². The molecule has 4 heteroatoms. The van der Waals surface area contributed by atoms with Crippen LogP contribution in [0.4, 0.5) is 0 Å². The van der Waals surface area contributed by atoms with Crippen LogP contribution in [-0.2, 0) is 7.05 Å². The Morgan fingerprint density at radius 3 is 2.93 bits per heavy atom. The Bertz CT molecular complexity index is 708.